The van der Waals surface area contributed by atoms with Crippen LogP contribution in [0, 0.1) is 10.1 Å². The zero-order valence-electron chi connectivity index (χ0n) is 9.67. The van der Waals surface area contributed by atoms with Crippen molar-refractivity contribution in [2.24, 2.45) is 0 Å². The molecule has 0 fully saturated rings. The number of pyridine rings is 1. The van der Waals surface area contributed by atoms with E-state index in [-0.39, 0.29) is 29.5 Å². The van der Waals surface area contributed by atoms with Crippen LogP contribution in [0.15, 0.2) is 12.3 Å². The summed E-state index contributed by atoms with van der Waals surface area (Å²) in [5.41, 5.74) is -0.227. The molecule has 0 atom stereocenters. The van der Waals surface area contributed by atoms with E-state index in [0.29, 0.717) is 6.54 Å². The third-order valence-corrected chi connectivity index (χ3v) is 2.49. The number of aliphatic carboxylic acids is 1. The lowest BCUT2D eigenvalue weighted by Crippen LogP contribution is -2.27. The molecule has 98 valence electrons. The van der Waals surface area contributed by atoms with Gasteiger partial charge in [-0.15, -0.1) is 0 Å². The van der Waals surface area contributed by atoms with Gasteiger partial charge in [0.05, 0.1) is 16.4 Å². The molecule has 1 N–H and O–H groups in total. The first-order valence-electron chi connectivity index (χ1n) is 5.22. The first-order valence-corrected chi connectivity index (χ1v) is 5.60. The van der Waals surface area contributed by atoms with Crippen molar-refractivity contribution in [3.63, 3.8) is 0 Å². The minimum atomic E-state index is -0.968. The lowest BCUT2D eigenvalue weighted by molar-refractivity contribution is -0.384. The number of hydrogen-bond acceptors (Lipinski definition) is 5. The summed E-state index contributed by atoms with van der Waals surface area (Å²) in [6, 6.07) is 1.20. The summed E-state index contributed by atoms with van der Waals surface area (Å²) in [5, 5.41) is 19.7. The molecule has 0 unspecified atom stereocenters. The zero-order valence-corrected chi connectivity index (χ0v) is 10.4. The van der Waals surface area contributed by atoms with E-state index < -0.39 is 10.9 Å². The summed E-state index contributed by atoms with van der Waals surface area (Å²) in [4.78, 5) is 26.3. The normalized spacial score (nSPS) is 10.1. The van der Waals surface area contributed by atoms with Crippen molar-refractivity contribution in [3.05, 3.63) is 27.4 Å². The molecule has 18 heavy (non-hydrogen) atoms. The molecule has 0 aromatic carbocycles. The highest BCUT2D eigenvalue weighted by Gasteiger charge is 2.21. The molecule has 0 saturated carbocycles. The third-order valence-electron chi connectivity index (χ3n) is 2.29. The molecule has 1 aromatic rings. The van der Waals surface area contributed by atoms with Gasteiger partial charge in [0.1, 0.15) is 0 Å². The molecule has 1 aromatic heterocycles. The van der Waals surface area contributed by atoms with Crippen LogP contribution < -0.4 is 4.90 Å². The van der Waals surface area contributed by atoms with Crippen molar-refractivity contribution in [2.45, 2.75) is 13.3 Å². The van der Waals surface area contributed by atoms with Crippen molar-refractivity contribution >= 4 is 29.1 Å². The van der Waals surface area contributed by atoms with Crippen LogP contribution in [0.25, 0.3) is 0 Å². The van der Waals surface area contributed by atoms with Crippen LogP contribution in [0.3, 0.4) is 0 Å². The summed E-state index contributed by atoms with van der Waals surface area (Å²) in [5.74, 6) is -0.835. The smallest absolute Gasteiger partial charge is 0.313 e. The van der Waals surface area contributed by atoms with Crippen LogP contribution >= 0.6 is 11.6 Å². The third kappa shape index (κ3) is 3.56. The van der Waals surface area contributed by atoms with E-state index >= 15 is 0 Å². The maximum Gasteiger partial charge on any atom is 0.313 e. The molecule has 7 nitrogen and oxygen atoms in total. The van der Waals surface area contributed by atoms with Gasteiger partial charge in [-0.25, -0.2) is 4.98 Å². The fourth-order valence-electron chi connectivity index (χ4n) is 1.44. The van der Waals surface area contributed by atoms with Crippen molar-refractivity contribution in [1.29, 1.82) is 0 Å². The van der Waals surface area contributed by atoms with E-state index in [1.807, 2.05) is 0 Å². The van der Waals surface area contributed by atoms with Crippen LogP contribution in [0.5, 0.6) is 0 Å². The Labute approximate surface area is 108 Å². The number of aromatic nitrogens is 1. The monoisotopic (exact) mass is 273 g/mol. The number of nitro groups is 1. The SMILES string of the molecule is CCN(CCC(=O)O)c1ncc(Cl)cc1[N+](=O)[O-]. The fraction of sp³-hybridized carbons (Fsp3) is 0.400. The first-order chi connectivity index (χ1) is 8.45. The molecule has 0 aliphatic heterocycles. The van der Waals surface area contributed by atoms with Crippen molar-refractivity contribution < 1.29 is 14.8 Å². The Bertz CT molecular complexity index is 466. The Morgan fingerprint density at radius 3 is 2.83 bits per heavy atom. The highest BCUT2D eigenvalue weighted by Crippen LogP contribution is 2.28. The zero-order chi connectivity index (χ0) is 13.7. The molecule has 1 heterocycles. The van der Waals surface area contributed by atoms with Crippen molar-refractivity contribution in [1.82, 2.24) is 4.98 Å². The van der Waals surface area contributed by atoms with Gasteiger partial charge in [0, 0.05) is 25.4 Å². The van der Waals surface area contributed by atoms with Gasteiger partial charge in [0.15, 0.2) is 0 Å². The molecule has 0 amide bonds. The van der Waals surface area contributed by atoms with Gasteiger partial charge < -0.3 is 10.0 Å². The highest BCUT2D eigenvalue weighted by atomic mass is 35.5. The quantitative estimate of drug-likeness (QED) is 0.628. The predicted molar refractivity (Wildman–Crippen MR) is 66.0 cm³/mol. The number of rotatable bonds is 6. The van der Waals surface area contributed by atoms with Gasteiger partial charge in [0.2, 0.25) is 5.82 Å². The molecule has 1 rings (SSSR count). The average molecular weight is 274 g/mol. The molecular formula is C10H12ClN3O4. The second kappa shape index (κ2) is 6.15. The molecule has 0 spiro atoms. The first kappa shape index (κ1) is 14.2. The Balaban J connectivity index is 3.04. The van der Waals surface area contributed by atoms with Crippen LogP contribution in [-0.2, 0) is 4.79 Å². The number of hydrogen-bond donors (Lipinski definition) is 1. The Hall–Kier alpha value is -1.89. The second-order valence-corrected chi connectivity index (χ2v) is 3.91. The molecule has 0 saturated heterocycles. The van der Waals surface area contributed by atoms with Gasteiger partial charge in [-0.1, -0.05) is 11.6 Å². The molecule has 0 bridgehead atoms. The van der Waals surface area contributed by atoms with Crippen LogP contribution in [0.4, 0.5) is 11.5 Å². The Morgan fingerprint density at radius 1 is 1.67 bits per heavy atom. The minimum Gasteiger partial charge on any atom is -0.481 e. The topological polar surface area (TPSA) is 96.6 Å². The predicted octanol–water partition coefficient (Wildman–Crippen LogP) is 1.94. The molecule has 0 radical (unpaired) electrons. The van der Waals surface area contributed by atoms with Crippen LogP contribution in [0.1, 0.15) is 13.3 Å². The second-order valence-electron chi connectivity index (χ2n) is 3.48. The van der Waals surface area contributed by atoms with E-state index in [9.17, 15) is 14.9 Å². The van der Waals surface area contributed by atoms with E-state index in [0.717, 1.165) is 0 Å². The fourth-order valence-corrected chi connectivity index (χ4v) is 1.60. The van der Waals surface area contributed by atoms with Gasteiger partial charge in [-0.05, 0) is 6.92 Å². The summed E-state index contributed by atoms with van der Waals surface area (Å²) in [6.45, 7) is 2.34. The van der Waals surface area contributed by atoms with Gasteiger partial charge >= 0.3 is 11.7 Å². The lowest BCUT2D eigenvalue weighted by Gasteiger charge is -2.20. The Morgan fingerprint density at radius 2 is 2.33 bits per heavy atom. The van der Waals surface area contributed by atoms with Crippen molar-refractivity contribution in [2.75, 3.05) is 18.0 Å². The standard InChI is InChI=1S/C10H12ClN3O4/c1-2-13(4-3-9(15)16)10-8(14(17)18)5-7(11)6-12-10/h5-6H,2-4H2,1H3,(H,15,16). The van der Waals surface area contributed by atoms with Crippen molar-refractivity contribution in [3.8, 4) is 0 Å². The number of nitrogens with zero attached hydrogens (tertiary/aromatic N) is 3. The largest absolute Gasteiger partial charge is 0.481 e. The summed E-state index contributed by atoms with van der Waals surface area (Å²) >= 11 is 5.66. The number of carboxylic acids is 1. The van der Waals surface area contributed by atoms with Gasteiger partial charge in [0.25, 0.3) is 0 Å². The van der Waals surface area contributed by atoms with E-state index in [2.05, 4.69) is 4.98 Å². The number of carboxylic acid groups (broad SMARTS) is 1. The van der Waals surface area contributed by atoms with Gasteiger partial charge in [-0.3, -0.25) is 14.9 Å². The summed E-state index contributed by atoms with van der Waals surface area (Å²) in [6.07, 6.45) is 1.18. The maximum absolute atomic E-state index is 10.9. The van der Waals surface area contributed by atoms with E-state index in [4.69, 9.17) is 16.7 Å². The molecule has 8 heteroatoms. The molecule has 0 aliphatic carbocycles. The van der Waals surface area contributed by atoms with Crippen LogP contribution in [0.2, 0.25) is 5.02 Å². The summed E-state index contributed by atoms with van der Waals surface area (Å²) < 4.78 is 0. The number of carbonyl (C=O) groups is 1. The molecular weight excluding hydrogens is 262 g/mol. The minimum absolute atomic E-state index is 0.116. The molecule has 0 aliphatic rings. The van der Waals surface area contributed by atoms with Gasteiger partial charge in [-0.2, -0.15) is 0 Å². The highest BCUT2D eigenvalue weighted by molar-refractivity contribution is 6.30. The Kier molecular flexibility index (Phi) is 4.85. The maximum atomic E-state index is 10.9. The van der Waals surface area contributed by atoms with E-state index in [1.165, 1.54) is 17.2 Å². The summed E-state index contributed by atoms with van der Waals surface area (Å²) in [7, 11) is 0. The van der Waals surface area contributed by atoms with E-state index in [1.54, 1.807) is 6.92 Å². The number of anilines is 1. The lowest BCUT2D eigenvalue weighted by atomic mass is 10.3. The number of halogens is 1. The van der Waals surface area contributed by atoms with Crippen LogP contribution in [-0.4, -0.2) is 34.1 Å². The average Bonchev–Trinajstić information content (AvgIpc) is 2.30.